The van der Waals surface area contributed by atoms with Crippen LogP contribution in [0.25, 0.3) is 0 Å². The Morgan fingerprint density at radius 2 is 0.607 bits per heavy atom. The fourth-order valence-electron chi connectivity index (χ4n) is 9.15. The van der Waals surface area contributed by atoms with Crippen LogP contribution in [0.15, 0.2) is 170 Å². The normalized spacial score (nSPS) is 13.8. The summed E-state index contributed by atoms with van der Waals surface area (Å²) in [4.78, 5) is 37.6. The summed E-state index contributed by atoms with van der Waals surface area (Å²) >= 11 is 0. The lowest BCUT2D eigenvalue weighted by atomic mass is 10.0. The quantitative estimate of drug-likeness (QED) is 0.0211. The first-order valence-electron chi connectivity index (χ1n) is 35.3. The maximum absolute atomic E-state index is 12.9. The van der Waals surface area contributed by atoms with E-state index in [4.69, 9.17) is 18.9 Å². The first kappa shape index (κ1) is 83.7. The Labute approximate surface area is 546 Å². The van der Waals surface area contributed by atoms with Gasteiger partial charge in [-0.25, -0.2) is 4.79 Å². The monoisotopic (exact) mass is 1230 g/mol. The number of hydrogen-bond acceptors (Lipinski definition) is 7. The van der Waals surface area contributed by atoms with Crippen LogP contribution in [0.4, 0.5) is 0 Å². The maximum atomic E-state index is 12.9. The van der Waals surface area contributed by atoms with Crippen LogP contribution in [0.1, 0.15) is 258 Å². The molecule has 1 N–H and O–H groups in total. The number of carbonyl (C=O) groups excluding carboxylic acids is 2. The Hall–Kier alpha value is -5.35. The minimum atomic E-state index is -1.52. The van der Waals surface area contributed by atoms with E-state index in [9.17, 15) is 19.5 Å². The van der Waals surface area contributed by atoms with Crippen molar-refractivity contribution >= 4 is 17.9 Å². The van der Waals surface area contributed by atoms with Gasteiger partial charge in [0.05, 0.1) is 34.4 Å². The zero-order valence-corrected chi connectivity index (χ0v) is 57.3. The van der Waals surface area contributed by atoms with Crippen molar-refractivity contribution in [3.05, 3.63) is 170 Å². The minimum absolute atomic E-state index is 0.178. The zero-order valence-electron chi connectivity index (χ0n) is 57.3. The van der Waals surface area contributed by atoms with Gasteiger partial charge in [0, 0.05) is 12.8 Å². The van der Waals surface area contributed by atoms with Crippen molar-refractivity contribution in [1.82, 2.24) is 0 Å². The summed E-state index contributed by atoms with van der Waals surface area (Å²) < 4.78 is 22.9. The molecule has 0 saturated carbocycles. The van der Waals surface area contributed by atoms with Gasteiger partial charge in [0.2, 0.25) is 0 Å². The third-order valence-corrected chi connectivity index (χ3v) is 14.5. The lowest BCUT2D eigenvalue weighted by molar-refractivity contribution is -0.870. The van der Waals surface area contributed by atoms with Gasteiger partial charge in [-0.1, -0.05) is 287 Å². The molecule has 0 radical (unpaired) electrons. The fourth-order valence-corrected chi connectivity index (χ4v) is 9.15. The summed E-state index contributed by atoms with van der Waals surface area (Å²) in [5, 5.41) is 9.75. The highest BCUT2D eigenvalue weighted by atomic mass is 16.7. The molecular formula is C80H130NO8+. The van der Waals surface area contributed by atoms with Gasteiger partial charge < -0.3 is 28.5 Å². The molecule has 89 heavy (non-hydrogen) atoms. The van der Waals surface area contributed by atoms with Gasteiger partial charge in [-0.3, -0.25) is 9.59 Å². The van der Waals surface area contributed by atoms with Crippen molar-refractivity contribution in [2.45, 2.75) is 270 Å². The highest BCUT2D eigenvalue weighted by Crippen LogP contribution is 2.16. The van der Waals surface area contributed by atoms with Gasteiger partial charge in [-0.2, -0.15) is 0 Å². The average molecular weight is 1230 g/mol. The molecule has 0 aliphatic rings. The van der Waals surface area contributed by atoms with Crippen molar-refractivity contribution in [3.63, 3.8) is 0 Å². The largest absolute Gasteiger partial charge is 0.477 e. The summed E-state index contributed by atoms with van der Waals surface area (Å²) in [5.41, 5.74) is 0. The number of carboxylic acid groups (broad SMARTS) is 1. The summed E-state index contributed by atoms with van der Waals surface area (Å²) in [6.07, 6.45) is 100. The van der Waals surface area contributed by atoms with Crippen molar-refractivity contribution in [2.24, 2.45) is 0 Å². The molecule has 0 amide bonds. The fraction of sp³-hybridized carbons (Fsp3) is 0.613. The van der Waals surface area contributed by atoms with E-state index in [1.165, 1.54) is 83.5 Å². The van der Waals surface area contributed by atoms with Crippen molar-refractivity contribution in [3.8, 4) is 0 Å². The average Bonchev–Trinajstić information content (AvgIpc) is 3.64. The standard InChI is InChI=1S/C80H129NO8/c1-6-8-10-12-14-16-18-20-22-24-26-28-30-31-32-33-34-35-36-37-38-39-40-41-42-43-44-45-46-47-49-51-53-55-57-59-61-63-65-67-69-71-78(83)89-76(75-88-80(79(84)85)86-73-72-81(3,4)5)74-87-77(82)70-68-66-64-62-60-58-56-54-52-50-48-29-27-25-23-21-19-17-15-13-11-9-7-2/h8-11,14-17,20-23,26-29,31-32,34-35,37-38,40-41,43-44,50,52,76,80H,6-7,12-13,18-19,24-25,30,33,36,39,42,45-49,51,53-75H2,1-5H3/p+1/b10-8-,11-9-,16-14-,17-15-,22-20-,23-21-,28-26-,29-27-,32-31-,35-34-,38-37-,41-40-,44-43-,52-50-. The van der Waals surface area contributed by atoms with Crippen molar-refractivity contribution in [2.75, 3.05) is 47.5 Å². The Bertz CT molecular complexity index is 2070. The number of quaternary nitrogens is 1. The predicted molar refractivity (Wildman–Crippen MR) is 382 cm³/mol. The number of esters is 2. The van der Waals surface area contributed by atoms with E-state index < -0.39 is 24.3 Å². The number of unbranched alkanes of at least 4 members (excludes halogenated alkanes) is 20. The third-order valence-electron chi connectivity index (χ3n) is 14.5. The molecule has 2 unspecified atom stereocenters. The number of carbonyl (C=O) groups is 3. The van der Waals surface area contributed by atoms with E-state index in [0.29, 0.717) is 17.4 Å². The van der Waals surface area contributed by atoms with Gasteiger partial charge in [0.15, 0.2) is 6.10 Å². The van der Waals surface area contributed by atoms with Crippen LogP contribution in [0.5, 0.6) is 0 Å². The molecule has 0 heterocycles. The second kappa shape index (κ2) is 68.6. The molecule has 0 aromatic heterocycles. The minimum Gasteiger partial charge on any atom is -0.477 e. The summed E-state index contributed by atoms with van der Waals surface area (Å²) in [6, 6.07) is 0. The molecule has 0 aromatic rings. The molecule has 0 bridgehead atoms. The molecule has 0 fully saturated rings. The van der Waals surface area contributed by atoms with Crippen LogP contribution >= 0.6 is 0 Å². The molecule has 0 saturated heterocycles. The SMILES string of the molecule is CC/C=C\C/C=C\C/C=C\C/C=C\C/C=C\C/C=C\C/C=C\C/C=C\C/C=C\CCCCCCCCCCCCCCCC(=O)OC(COC(=O)CCCCCCCCC/C=C\C/C=C\C/C=C\C/C=C\C/C=C\CC)COC(OCC[N+](C)(C)C)C(=O)O. The number of carboxylic acids is 1. The van der Waals surface area contributed by atoms with Gasteiger partial charge in [0.1, 0.15) is 13.2 Å². The predicted octanol–water partition coefficient (Wildman–Crippen LogP) is 22.2. The number of likely N-dealkylation sites (N-methyl/N-ethyl adjacent to an activating group) is 1. The Kier molecular flexibility index (Phi) is 64.4. The van der Waals surface area contributed by atoms with Crippen LogP contribution in [0, 0.1) is 0 Å². The van der Waals surface area contributed by atoms with Crippen LogP contribution in [0.3, 0.4) is 0 Å². The first-order chi connectivity index (χ1) is 43.6. The molecule has 502 valence electrons. The Morgan fingerprint density at radius 3 is 0.899 bits per heavy atom. The molecule has 9 heteroatoms. The topological polar surface area (TPSA) is 108 Å². The number of hydrogen-bond donors (Lipinski definition) is 1. The lowest BCUT2D eigenvalue weighted by Gasteiger charge is -2.25. The van der Waals surface area contributed by atoms with E-state index in [1.807, 2.05) is 21.1 Å². The zero-order chi connectivity index (χ0) is 64.7. The molecule has 0 aromatic carbocycles. The molecule has 0 spiro atoms. The maximum Gasteiger partial charge on any atom is 0.361 e. The van der Waals surface area contributed by atoms with E-state index >= 15 is 0 Å². The van der Waals surface area contributed by atoms with Crippen LogP contribution in [-0.4, -0.2) is 87.4 Å². The number of rotatable bonds is 63. The van der Waals surface area contributed by atoms with E-state index in [0.717, 1.165) is 141 Å². The highest BCUT2D eigenvalue weighted by Gasteiger charge is 2.25. The molecule has 9 nitrogen and oxygen atoms in total. The second-order valence-electron chi connectivity index (χ2n) is 24.1. The lowest BCUT2D eigenvalue weighted by Crippen LogP contribution is -2.40. The smallest absolute Gasteiger partial charge is 0.361 e. The van der Waals surface area contributed by atoms with Gasteiger partial charge in [0.25, 0.3) is 6.29 Å². The third kappa shape index (κ3) is 70.0. The van der Waals surface area contributed by atoms with Crippen LogP contribution in [0.2, 0.25) is 0 Å². The number of aliphatic carboxylic acids is 1. The summed E-state index contributed by atoms with van der Waals surface area (Å²) in [7, 11) is 5.96. The van der Waals surface area contributed by atoms with E-state index in [2.05, 4.69) is 184 Å². The summed E-state index contributed by atoms with van der Waals surface area (Å²) in [5.74, 6) is -2.03. The number of allylic oxidation sites excluding steroid dienone is 28. The van der Waals surface area contributed by atoms with E-state index in [1.54, 1.807) is 0 Å². The van der Waals surface area contributed by atoms with Gasteiger partial charge in [-0.05, 0) is 128 Å². The number of nitrogens with zero attached hydrogens (tertiary/aromatic N) is 1. The Balaban J connectivity index is 4.14. The van der Waals surface area contributed by atoms with Gasteiger partial charge in [-0.15, -0.1) is 0 Å². The van der Waals surface area contributed by atoms with Gasteiger partial charge >= 0.3 is 17.9 Å². The van der Waals surface area contributed by atoms with Crippen LogP contribution < -0.4 is 0 Å². The molecule has 0 aliphatic heterocycles. The molecular weight excluding hydrogens is 1100 g/mol. The second-order valence-corrected chi connectivity index (χ2v) is 24.1. The molecule has 0 aliphatic carbocycles. The Morgan fingerprint density at radius 1 is 0.337 bits per heavy atom. The molecule has 0 rings (SSSR count). The highest BCUT2D eigenvalue weighted by molar-refractivity contribution is 5.71. The van der Waals surface area contributed by atoms with Crippen LogP contribution in [-0.2, 0) is 33.3 Å². The molecule has 2 atom stereocenters. The summed E-state index contributed by atoms with van der Waals surface area (Å²) in [6.45, 7) is 4.63. The van der Waals surface area contributed by atoms with Crippen molar-refractivity contribution in [1.29, 1.82) is 0 Å². The number of ether oxygens (including phenoxy) is 4. The van der Waals surface area contributed by atoms with E-state index in [-0.39, 0.29) is 38.6 Å². The first-order valence-corrected chi connectivity index (χ1v) is 35.3. The van der Waals surface area contributed by atoms with Crippen molar-refractivity contribution < 1.29 is 42.9 Å².